The molecule has 0 radical (unpaired) electrons. The number of nitrogens with zero attached hydrogens (tertiary/aromatic N) is 1. The molecule has 2 aromatic rings. The maximum absolute atomic E-state index is 11.6. The molecule has 0 saturated carbocycles. The third kappa shape index (κ3) is 5.75. The Hall–Kier alpha value is -2.06. The van der Waals surface area contributed by atoms with Crippen LogP contribution < -0.4 is 10.2 Å². The van der Waals surface area contributed by atoms with Gasteiger partial charge in [-0.3, -0.25) is 4.79 Å². The van der Waals surface area contributed by atoms with Crippen LogP contribution in [0.1, 0.15) is 26.3 Å². The number of nitrogens with one attached hydrogen (secondary N) is 2. The molecule has 1 aromatic carbocycles. The largest absolute Gasteiger partial charge is 0.506 e. The minimum Gasteiger partial charge on any atom is -0.506 e. The number of fused-ring (bicyclic) bond motifs is 1. The van der Waals surface area contributed by atoms with Crippen LogP contribution in [0.2, 0.25) is 0 Å². The molecule has 0 fully saturated rings. The number of hydrogen-bond acceptors (Lipinski definition) is 6. The summed E-state index contributed by atoms with van der Waals surface area (Å²) in [6.45, 7) is 7.42. The highest BCUT2D eigenvalue weighted by Gasteiger charge is 2.15. The molecule has 25 heavy (non-hydrogen) atoms. The number of carbonyl (C=O) groups is 1. The summed E-state index contributed by atoms with van der Waals surface area (Å²) in [6.07, 6.45) is 0.325. The zero-order valence-corrected chi connectivity index (χ0v) is 15.8. The Morgan fingerprint density at radius 3 is 2.76 bits per heavy atom. The summed E-state index contributed by atoms with van der Waals surface area (Å²) in [5.74, 6) is 0.0898. The second-order valence-corrected chi connectivity index (χ2v) is 7.93. The van der Waals surface area contributed by atoms with Crippen molar-refractivity contribution in [3.05, 3.63) is 27.4 Å². The van der Waals surface area contributed by atoms with Gasteiger partial charge < -0.3 is 25.0 Å². The first-order valence-corrected chi connectivity index (χ1v) is 8.96. The van der Waals surface area contributed by atoms with Crippen LogP contribution in [-0.2, 0) is 11.2 Å². The third-order valence-electron chi connectivity index (χ3n) is 3.56. The van der Waals surface area contributed by atoms with Gasteiger partial charge in [-0.05, 0) is 45.9 Å². The Morgan fingerprint density at radius 1 is 1.36 bits per heavy atom. The number of H-pyrrole nitrogens is 1. The summed E-state index contributed by atoms with van der Waals surface area (Å²) in [5.41, 5.74) is 1.02. The van der Waals surface area contributed by atoms with E-state index in [1.54, 1.807) is 6.07 Å². The fourth-order valence-electron chi connectivity index (χ4n) is 2.36. The molecule has 0 spiro atoms. The summed E-state index contributed by atoms with van der Waals surface area (Å²) >= 11 is 1.11. The maximum Gasteiger partial charge on any atom is 0.407 e. The van der Waals surface area contributed by atoms with Crippen molar-refractivity contribution in [2.75, 3.05) is 26.7 Å². The molecule has 1 heterocycles. The van der Waals surface area contributed by atoms with Crippen LogP contribution in [0.15, 0.2) is 16.9 Å². The van der Waals surface area contributed by atoms with Gasteiger partial charge in [-0.1, -0.05) is 17.4 Å². The number of benzene rings is 1. The van der Waals surface area contributed by atoms with Gasteiger partial charge in [-0.25, -0.2) is 4.79 Å². The summed E-state index contributed by atoms with van der Waals surface area (Å²) < 4.78 is 5.98. The van der Waals surface area contributed by atoms with Gasteiger partial charge in [-0.15, -0.1) is 0 Å². The quantitative estimate of drug-likeness (QED) is 0.728. The van der Waals surface area contributed by atoms with Gasteiger partial charge in [0.15, 0.2) is 0 Å². The second-order valence-electron chi connectivity index (χ2n) is 6.94. The molecule has 8 heteroatoms. The molecular formula is C17H25N3O4S. The lowest BCUT2D eigenvalue weighted by Crippen LogP contribution is -2.37. The standard InChI is InChI=1S/C17H25N3O4S/c1-17(2,3)24-15(22)18-8-10-20(4)9-7-11-5-6-12(21)13-14(11)25-16(23)19-13/h5-6,21H,7-10H2,1-4H3,(H,18,22)(H,19,23). The summed E-state index contributed by atoms with van der Waals surface area (Å²) in [5, 5.41) is 12.5. The smallest absolute Gasteiger partial charge is 0.407 e. The summed E-state index contributed by atoms with van der Waals surface area (Å²) in [7, 11) is 1.97. The molecule has 0 aliphatic heterocycles. The number of phenolic OH excluding ortho intramolecular Hbond substituents is 1. The van der Waals surface area contributed by atoms with Crippen LogP contribution in [0.3, 0.4) is 0 Å². The van der Waals surface area contributed by atoms with Crippen molar-refractivity contribution in [3.8, 4) is 5.75 Å². The van der Waals surface area contributed by atoms with E-state index >= 15 is 0 Å². The monoisotopic (exact) mass is 367 g/mol. The number of likely N-dealkylation sites (N-methyl/N-ethyl adjacent to an activating group) is 1. The number of hydrogen-bond donors (Lipinski definition) is 3. The van der Waals surface area contributed by atoms with E-state index in [-0.39, 0.29) is 10.6 Å². The molecule has 0 bridgehead atoms. The van der Waals surface area contributed by atoms with E-state index in [1.807, 2.05) is 33.9 Å². The van der Waals surface area contributed by atoms with E-state index in [4.69, 9.17) is 4.74 Å². The van der Waals surface area contributed by atoms with Crippen LogP contribution in [0, 0.1) is 0 Å². The van der Waals surface area contributed by atoms with Crippen LogP contribution in [0.5, 0.6) is 5.75 Å². The molecule has 0 atom stereocenters. The lowest BCUT2D eigenvalue weighted by Gasteiger charge is -2.21. The Morgan fingerprint density at radius 2 is 2.08 bits per heavy atom. The van der Waals surface area contributed by atoms with Gasteiger partial charge in [0.05, 0.1) is 4.70 Å². The van der Waals surface area contributed by atoms with Gasteiger partial charge in [0.1, 0.15) is 16.9 Å². The van der Waals surface area contributed by atoms with Crippen molar-refractivity contribution >= 4 is 27.6 Å². The molecule has 2 rings (SSSR count). The molecule has 0 aliphatic rings. The maximum atomic E-state index is 11.6. The predicted octanol–water partition coefficient (Wildman–Crippen LogP) is 2.29. The van der Waals surface area contributed by atoms with Crippen LogP contribution >= 0.6 is 11.3 Å². The number of ether oxygens (including phenoxy) is 1. The Labute approximate surface area is 150 Å². The SMILES string of the molecule is CN(CCNC(=O)OC(C)(C)C)CCc1ccc(O)c2[nH]c(=O)sc12. The van der Waals surface area contributed by atoms with E-state index in [0.29, 0.717) is 18.6 Å². The average molecular weight is 367 g/mol. The predicted molar refractivity (Wildman–Crippen MR) is 99.5 cm³/mol. The lowest BCUT2D eigenvalue weighted by atomic mass is 10.1. The zero-order chi connectivity index (χ0) is 18.6. The van der Waals surface area contributed by atoms with E-state index in [1.165, 1.54) is 0 Å². The number of rotatable bonds is 6. The van der Waals surface area contributed by atoms with E-state index in [9.17, 15) is 14.7 Å². The highest BCUT2D eigenvalue weighted by Crippen LogP contribution is 2.28. The minimum atomic E-state index is -0.502. The van der Waals surface area contributed by atoms with Crippen molar-refractivity contribution in [1.29, 1.82) is 0 Å². The Balaban J connectivity index is 1.83. The van der Waals surface area contributed by atoms with Gasteiger partial charge in [0.25, 0.3) is 0 Å². The number of thiazole rings is 1. The van der Waals surface area contributed by atoms with Crippen molar-refractivity contribution < 1.29 is 14.6 Å². The van der Waals surface area contributed by atoms with Crippen molar-refractivity contribution in [1.82, 2.24) is 15.2 Å². The first kappa shape index (κ1) is 19.3. The third-order valence-corrected chi connectivity index (χ3v) is 4.52. The van der Waals surface area contributed by atoms with Crippen LogP contribution in [-0.4, -0.2) is 53.4 Å². The summed E-state index contributed by atoms with van der Waals surface area (Å²) in [6, 6.07) is 3.44. The molecule has 1 aromatic heterocycles. The molecule has 0 unspecified atom stereocenters. The van der Waals surface area contributed by atoms with E-state index in [0.717, 1.165) is 34.6 Å². The van der Waals surface area contributed by atoms with Crippen molar-refractivity contribution in [2.45, 2.75) is 32.8 Å². The normalized spacial score (nSPS) is 11.9. The highest BCUT2D eigenvalue weighted by molar-refractivity contribution is 7.16. The Bertz CT molecular complexity index is 791. The van der Waals surface area contributed by atoms with Gasteiger partial charge >= 0.3 is 11.0 Å². The molecule has 138 valence electrons. The van der Waals surface area contributed by atoms with Crippen LogP contribution in [0.4, 0.5) is 4.79 Å². The minimum absolute atomic E-state index is 0.0898. The van der Waals surface area contributed by atoms with E-state index in [2.05, 4.69) is 15.2 Å². The number of phenols is 1. The highest BCUT2D eigenvalue weighted by atomic mass is 32.1. The number of aromatic amines is 1. The fraction of sp³-hybridized carbons (Fsp3) is 0.529. The number of alkyl carbamates (subject to hydrolysis) is 1. The number of carbonyl (C=O) groups excluding carboxylic acids is 1. The molecule has 0 aliphatic carbocycles. The average Bonchev–Trinajstić information content (AvgIpc) is 2.87. The second kappa shape index (κ2) is 7.88. The lowest BCUT2D eigenvalue weighted by molar-refractivity contribution is 0.0523. The molecular weight excluding hydrogens is 342 g/mol. The topological polar surface area (TPSA) is 94.7 Å². The zero-order valence-electron chi connectivity index (χ0n) is 15.0. The molecule has 3 N–H and O–H groups in total. The first-order chi connectivity index (χ1) is 11.7. The molecule has 1 amide bonds. The first-order valence-electron chi connectivity index (χ1n) is 8.15. The van der Waals surface area contributed by atoms with Gasteiger partial charge in [-0.2, -0.15) is 0 Å². The van der Waals surface area contributed by atoms with Crippen LogP contribution in [0.25, 0.3) is 10.2 Å². The van der Waals surface area contributed by atoms with Crippen molar-refractivity contribution in [2.24, 2.45) is 0 Å². The fourth-order valence-corrected chi connectivity index (χ4v) is 3.25. The molecule has 0 saturated heterocycles. The number of aromatic nitrogens is 1. The van der Waals surface area contributed by atoms with Gasteiger partial charge in [0, 0.05) is 19.6 Å². The van der Waals surface area contributed by atoms with Crippen molar-refractivity contribution in [3.63, 3.8) is 0 Å². The molecule has 7 nitrogen and oxygen atoms in total. The number of amides is 1. The Kier molecular flexibility index (Phi) is 6.07. The number of aromatic hydroxyl groups is 1. The van der Waals surface area contributed by atoms with E-state index < -0.39 is 11.7 Å². The van der Waals surface area contributed by atoms with Gasteiger partial charge in [0.2, 0.25) is 0 Å². The summed E-state index contributed by atoms with van der Waals surface area (Å²) in [4.78, 5) is 27.7.